The standard InChI is InChI=1S/C15H19N3O2/c1-11-9-18(6-7-19-11)15(16)17-8-12-10-20-14-5-3-2-4-13(12)14/h2-5,10-11H,6-9H2,1H3,(H2,16,17). The van der Waals surface area contributed by atoms with Crippen LogP contribution in [0.2, 0.25) is 0 Å². The zero-order valence-electron chi connectivity index (χ0n) is 11.6. The average Bonchev–Trinajstić information content (AvgIpc) is 2.88. The number of hydrogen-bond acceptors (Lipinski definition) is 3. The molecule has 2 heterocycles. The van der Waals surface area contributed by atoms with Crippen LogP contribution in [0.4, 0.5) is 0 Å². The van der Waals surface area contributed by atoms with Crippen molar-refractivity contribution < 1.29 is 9.15 Å². The van der Waals surface area contributed by atoms with E-state index in [1.54, 1.807) is 6.26 Å². The van der Waals surface area contributed by atoms with Crippen molar-refractivity contribution in [2.24, 2.45) is 10.7 Å². The molecule has 1 atom stereocenters. The molecule has 2 aromatic rings. The van der Waals surface area contributed by atoms with Crippen molar-refractivity contribution in [3.63, 3.8) is 0 Å². The first-order valence-corrected chi connectivity index (χ1v) is 6.85. The van der Waals surface area contributed by atoms with E-state index in [1.807, 2.05) is 31.2 Å². The van der Waals surface area contributed by atoms with Gasteiger partial charge in [0.05, 0.1) is 25.5 Å². The van der Waals surface area contributed by atoms with Gasteiger partial charge < -0.3 is 19.8 Å². The summed E-state index contributed by atoms with van der Waals surface area (Å²) < 4.78 is 11.0. The molecular formula is C15H19N3O2. The lowest BCUT2D eigenvalue weighted by Crippen LogP contribution is -2.47. The molecule has 1 aromatic heterocycles. The van der Waals surface area contributed by atoms with Gasteiger partial charge in [-0.15, -0.1) is 0 Å². The Balaban J connectivity index is 1.73. The predicted octanol–water partition coefficient (Wildman–Crippen LogP) is 1.97. The van der Waals surface area contributed by atoms with E-state index < -0.39 is 0 Å². The highest BCUT2D eigenvalue weighted by Crippen LogP contribution is 2.21. The molecule has 3 rings (SSSR count). The maximum atomic E-state index is 6.06. The number of fused-ring (bicyclic) bond motifs is 1. The third kappa shape index (κ3) is 2.63. The maximum Gasteiger partial charge on any atom is 0.191 e. The summed E-state index contributed by atoms with van der Waals surface area (Å²) in [4.78, 5) is 6.55. The molecule has 2 N–H and O–H groups in total. The van der Waals surface area contributed by atoms with E-state index in [0.29, 0.717) is 19.1 Å². The minimum atomic E-state index is 0.201. The molecule has 1 aliphatic rings. The van der Waals surface area contributed by atoms with Crippen LogP contribution in [0.5, 0.6) is 0 Å². The number of morpholine rings is 1. The fraction of sp³-hybridized carbons (Fsp3) is 0.400. The number of rotatable bonds is 2. The number of furan rings is 1. The predicted molar refractivity (Wildman–Crippen MR) is 78.5 cm³/mol. The van der Waals surface area contributed by atoms with Gasteiger partial charge in [0.15, 0.2) is 5.96 Å². The molecule has 1 aromatic carbocycles. The summed E-state index contributed by atoms with van der Waals surface area (Å²) in [7, 11) is 0. The minimum Gasteiger partial charge on any atom is -0.464 e. The van der Waals surface area contributed by atoms with E-state index in [-0.39, 0.29) is 6.10 Å². The molecule has 0 aliphatic carbocycles. The lowest BCUT2D eigenvalue weighted by atomic mass is 10.2. The largest absolute Gasteiger partial charge is 0.464 e. The highest BCUT2D eigenvalue weighted by Gasteiger charge is 2.18. The summed E-state index contributed by atoms with van der Waals surface area (Å²) >= 11 is 0. The lowest BCUT2D eigenvalue weighted by molar-refractivity contribution is 0.00529. The van der Waals surface area contributed by atoms with E-state index in [1.165, 1.54) is 0 Å². The minimum absolute atomic E-state index is 0.201. The topological polar surface area (TPSA) is 64.0 Å². The summed E-state index contributed by atoms with van der Waals surface area (Å²) in [5.41, 5.74) is 8.01. The van der Waals surface area contributed by atoms with Gasteiger partial charge >= 0.3 is 0 Å². The molecule has 5 heteroatoms. The van der Waals surface area contributed by atoms with Gasteiger partial charge in [-0.2, -0.15) is 0 Å². The summed E-state index contributed by atoms with van der Waals surface area (Å²) in [6.07, 6.45) is 1.95. The quantitative estimate of drug-likeness (QED) is 0.671. The zero-order chi connectivity index (χ0) is 13.9. The Morgan fingerprint density at radius 3 is 3.15 bits per heavy atom. The van der Waals surface area contributed by atoms with Gasteiger partial charge in [-0.3, -0.25) is 0 Å². The third-order valence-electron chi connectivity index (χ3n) is 3.54. The fourth-order valence-corrected chi connectivity index (χ4v) is 2.45. The van der Waals surface area contributed by atoms with Crippen LogP contribution in [-0.4, -0.2) is 36.7 Å². The van der Waals surface area contributed by atoms with Crippen LogP contribution in [0.3, 0.4) is 0 Å². The molecule has 106 valence electrons. The lowest BCUT2D eigenvalue weighted by Gasteiger charge is -2.31. The van der Waals surface area contributed by atoms with Gasteiger partial charge in [-0.05, 0) is 13.0 Å². The maximum absolute atomic E-state index is 6.06. The summed E-state index contributed by atoms with van der Waals surface area (Å²) in [5, 5.41) is 1.10. The SMILES string of the molecule is CC1CN(C(N)=NCc2coc3ccccc23)CCO1. The van der Waals surface area contributed by atoms with E-state index in [9.17, 15) is 0 Å². The van der Waals surface area contributed by atoms with Crippen molar-refractivity contribution in [2.75, 3.05) is 19.7 Å². The second kappa shape index (κ2) is 5.54. The van der Waals surface area contributed by atoms with Gasteiger partial charge in [0.1, 0.15) is 5.58 Å². The summed E-state index contributed by atoms with van der Waals surface area (Å²) in [6, 6.07) is 7.95. The average molecular weight is 273 g/mol. The molecule has 0 bridgehead atoms. The summed E-state index contributed by atoms with van der Waals surface area (Å²) in [6.45, 7) is 4.87. The van der Waals surface area contributed by atoms with E-state index >= 15 is 0 Å². The van der Waals surface area contributed by atoms with Crippen LogP contribution in [0.1, 0.15) is 12.5 Å². The van der Waals surface area contributed by atoms with Crippen molar-refractivity contribution in [3.8, 4) is 0 Å². The number of benzene rings is 1. The molecule has 0 spiro atoms. The number of para-hydroxylation sites is 1. The first kappa shape index (κ1) is 13.0. The number of nitrogens with two attached hydrogens (primary N) is 1. The van der Waals surface area contributed by atoms with Crippen LogP contribution in [0.15, 0.2) is 39.9 Å². The smallest absolute Gasteiger partial charge is 0.191 e. The second-order valence-electron chi connectivity index (χ2n) is 5.06. The molecule has 1 aliphatic heterocycles. The first-order valence-electron chi connectivity index (χ1n) is 6.85. The van der Waals surface area contributed by atoms with Crippen molar-refractivity contribution in [2.45, 2.75) is 19.6 Å². The Hall–Kier alpha value is -2.01. The number of hydrogen-bond donors (Lipinski definition) is 1. The highest BCUT2D eigenvalue weighted by atomic mass is 16.5. The van der Waals surface area contributed by atoms with E-state index in [2.05, 4.69) is 9.89 Å². The molecule has 20 heavy (non-hydrogen) atoms. The van der Waals surface area contributed by atoms with Gasteiger partial charge in [0.2, 0.25) is 0 Å². The van der Waals surface area contributed by atoms with E-state index in [0.717, 1.165) is 29.6 Å². The zero-order valence-corrected chi connectivity index (χ0v) is 11.6. The van der Waals surface area contributed by atoms with Gasteiger partial charge in [-0.25, -0.2) is 4.99 Å². The molecule has 1 fully saturated rings. The Morgan fingerprint density at radius 2 is 2.30 bits per heavy atom. The second-order valence-corrected chi connectivity index (χ2v) is 5.06. The molecule has 1 saturated heterocycles. The molecule has 0 saturated carbocycles. The fourth-order valence-electron chi connectivity index (χ4n) is 2.45. The molecule has 0 amide bonds. The van der Waals surface area contributed by atoms with Crippen LogP contribution in [-0.2, 0) is 11.3 Å². The van der Waals surface area contributed by atoms with Crippen molar-refractivity contribution in [1.29, 1.82) is 0 Å². The Kier molecular flexibility index (Phi) is 3.60. The first-order chi connectivity index (χ1) is 9.74. The number of ether oxygens (including phenoxy) is 1. The van der Waals surface area contributed by atoms with Gasteiger partial charge in [0.25, 0.3) is 0 Å². The number of guanidine groups is 1. The van der Waals surface area contributed by atoms with Crippen LogP contribution < -0.4 is 5.73 Å². The molecule has 5 nitrogen and oxygen atoms in total. The van der Waals surface area contributed by atoms with Crippen LogP contribution >= 0.6 is 0 Å². The van der Waals surface area contributed by atoms with Crippen LogP contribution in [0, 0.1) is 0 Å². The summed E-state index contributed by atoms with van der Waals surface area (Å²) in [5.74, 6) is 0.574. The molecule has 0 radical (unpaired) electrons. The van der Waals surface area contributed by atoms with Gasteiger partial charge in [-0.1, -0.05) is 18.2 Å². The number of nitrogens with zero attached hydrogens (tertiary/aromatic N) is 2. The normalized spacial score (nSPS) is 20.6. The Morgan fingerprint density at radius 1 is 1.45 bits per heavy atom. The van der Waals surface area contributed by atoms with Crippen molar-refractivity contribution in [3.05, 3.63) is 36.1 Å². The van der Waals surface area contributed by atoms with Gasteiger partial charge in [0, 0.05) is 24.0 Å². The Labute approximate surface area is 118 Å². The molecule has 1 unspecified atom stereocenters. The van der Waals surface area contributed by atoms with Crippen molar-refractivity contribution in [1.82, 2.24) is 4.90 Å². The Bertz CT molecular complexity index is 620. The highest BCUT2D eigenvalue weighted by molar-refractivity contribution is 5.82. The van der Waals surface area contributed by atoms with E-state index in [4.69, 9.17) is 14.9 Å². The molecular weight excluding hydrogens is 254 g/mol. The van der Waals surface area contributed by atoms with Crippen molar-refractivity contribution >= 4 is 16.9 Å². The number of aliphatic imine (C=N–C) groups is 1. The third-order valence-corrected chi connectivity index (χ3v) is 3.54. The van der Waals surface area contributed by atoms with Crippen LogP contribution in [0.25, 0.3) is 11.0 Å². The monoisotopic (exact) mass is 273 g/mol.